The van der Waals surface area contributed by atoms with E-state index in [0.717, 1.165) is 37.7 Å². The summed E-state index contributed by atoms with van der Waals surface area (Å²) in [4.78, 5) is 17.8. The summed E-state index contributed by atoms with van der Waals surface area (Å²) in [7, 11) is 0. The highest BCUT2D eigenvalue weighted by Crippen LogP contribution is 2.18. The van der Waals surface area contributed by atoms with E-state index in [9.17, 15) is 4.79 Å². The molecule has 148 valence electrons. The molecule has 5 nitrogen and oxygen atoms in total. The van der Waals surface area contributed by atoms with Gasteiger partial charge in [-0.15, -0.1) is 0 Å². The molecule has 2 amide bonds. The zero-order chi connectivity index (χ0) is 19.3. The third-order valence-electron chi connectivity index (χ3n) is 4.59. The van der Waals surface area contributed by atoms with Crippen LogP contribution >= 0.6 is 0 Å². The van der Waals surface area contributed by atoms with Gasteiger partial charge in [0.15, 0.2) is 0 Å². The van der Waals surface area contributed by atoms with Crippen molar-refractivity contribution in [3.8, 4) is 0 Å². The maximum Gasteiger partial charge on any atom is 0.315 e. The van der Waals surface area contributed by atoms with Gasteiger partial charge in [0.1, 0.15) is 0 Å². The molecule has 3 N–H and O–H groups in total. The van der Waals surface area contributed by atoms with Crippen molar-refractivity contribution < 1.29 is 9.63 Å². The van der Waals surface area contributed by atoms with E-state index in [4.69, 9.17) is 4.84 Å². The first kappa shape index (κ1) is 21.2. The highest BCUT2D eigenvalue weighted by Gasteiger charge is 2.12. The lowest BCUT2D eigenvalue weighted by molar-refractivity contribution is 0.0340. The van der Waals surface area contributed by atoms with E-state index >= 15 is 0 Å². The molecule has 0 unspecified atom stereocenters. The Kier molecular flexibility index (Phi) is 9.66. The Morgan fingerprint density at radius 1 is 1.04 bits per heavy atom. The zero-order valence-electron chi connectivity index (χ0n) is 16.6. The van der Waals surface area contributed by atoms with E-state index in [-0.39, 0.29) is 12.1 Å². The van der Waals surface area contributed by atoms with E-state index in [0.29, 0.717) is 19.7 Å². The van der Waals surface area contributed by atoms with Crippen molar-refractivity contribution in [2.45, 2.75) is 58.5 Å². The number of unbranched alkanes of at least 4 members (excludes halogenated alkanes) is 2. The van der Waals surface area contributed by atoms with E-state index in [1.807, 2.05) is 18.2 Å². The van der Waals surface area contributed by atoms with E-state index in [1.165, 1.54) is 10.8 Å². The summed E-state index contributed by atoms with van der Waals surface area (Å²) in [6.45, 7) is 6.11. The lowest BCUT2D eigenvalue weighted by Crippen LogP contribution is -2.46. The van der Waals surface area contributed by atoms with Crippen LogP contribution in [0.25, 0.3) is 10.8 Å². The fraction of sp³-hybridized carbons (Fsp3) is 0.500. The predicted octanol–water partition coefficient (Wildman–Crippen LogP) is 4.52. The van der Waals surface area contributed by atoms with Crippen LogP contribution in [-0.4, -0.2) is 25.2 Å². The van der Waals surface area contributed by atoms with Gasteiger partial charge in [0.05, 0.1) is 6.61 Å². The molecule has 0 radical (unpaired) electrons. The number of carbonyl (C=O) groups is 1. The molecule has 0 aromatic heterocycles. The Balaban J connectivity index is 1.82. The first-order chi connectivity index (χ1) is 13.2. The molecule has 27 heavy (non-hydrogen) atoms. The third-order valence-corrected chi connectivity index (χ3v) is 4.59. The number of benzene rings is 2. The maximum absolute atomic E-state index is 12.4. The summed E-state index contributed by atoms with van der Waals surface area (Å²) in [5.41, 5.74) is 4.11. The standard InChI is InChI=1S/C22H33N3O2/c1-3-5-13-20(17-24-27-15-6-4-2)25-22(26)23-16-19-12-9-11-18-10-7-8-14-21(18)19/h7-12,14,20,24H,3-6,13,15-17H2,1-2H3,(H2,23,25,26)/t20-/m1/s1. The minimum absolute atomic E-state index is 0.0547. The van der Waals surface area contributed by atoms with Crippen molar-refractivity contribution in [3.05, 3.63) is 48.0 Å². The highest BCUT2D eigenvalue weighted by molar-refractivity contribution is 5.86. The quantitative estimate of drug-likeness (QED) is 0.380. The molecule has 0 bridgehead atoms. The van der Waals surface area contributed by atoms with Gasteiger partial charge in [-0.3, -0.25) is 0 Å². The second-order valence-corrected chi connectivity index (χ2v) is 6.85. The molecule has 0 aliphatic carbocycles. The molecular weight excluding hydrogens is 338 g/mol. The minimum Gasteiger partial charge on any atom is -0.334 e. The van der Waals surface area contributed by atoms with Crippen LogP contribution in [0, 0.1) is 0 Å². The number of hydrogen-bond donors (Lipinski definition) is 3. The van der Waals surface area contributed by atoms with Gasteiger partial charge in [-0.1, -0.05) is 75.6 Å². The van der Waals surface area contributed by atoms with Gasteiger partial charge >= 0.3 is 6.03 Å². The van der Waals surface area contributed by atoms with Crippen LogP contribution in [0.1, 0.15) is 51.5 Å². The van der Waals surface area contributed by atoms with Gasteiger partial charge < -0.3 is 15.5 Å². The molecule has 0 saturated carbocycles. The lowest BCUT2D eigenvalue weighted by Gasteiger charge is -2.19. The molecule has 2 rings (SSSR count). The maximum atomic E-state index is 12.4. The smallest absolute Gasteiger partial charge is 0.315 e. The molecule has 0 aliphatic rings. The molecule has 0 saturated heterocycles. The number of amides is 2. The zero-order valence-corrected chi connectivity index (χ0v) is 16.6. The number of urea groups is 1. The van der Waals surface area contributed by atoms with Crippen molar-refractivity contribution in [2.75, 3.05) is 13.2 Å². The molecule has 0 fully saturated rings. The molecule has 2 aromatic rings. The van der Waals surface area contributed by atoms with Crippen LogP contribution in [0.4, 0.5) is 4.79 Å². The van der Waals surface area contributed by atoms with Crippen molar-refractivity contribution in [1.82, 2.24) is 16.1 Å². The van der Waals surface area contributed by atoms with Gasteiger partial charge in [0.2, 0.25) is 0 Å². The summed E-state index contributed by atoms with van der Waals surface area (Å²) in [6, 6.07) is 14.3. The number of carbonyl (C=O) groups excluding carboxylic acids is 1. The Morgan fingerprint density at radius 3 is 2.63 bits per heavy atom. The van der Waals surface area contributed by atoms with Crippen molar-refractivity contribution >= 4 is 16.8 Å². The number of nitrogens with one attached hydrogen (secondary N) is 3. The monoisotopic (exact) mass is 371 g/mol. The largest absolute Gasteiger partial charge is 0.334 e. The molecule has 2 aromatic carbocycles. The van der Waals surface area contributed by atoms with Gasteiger partial charge in [-0.25, -0.2) is 10.3 Å². The Labute approximate surface area is 162 Å². The normalized spacial score (nSPS) is 12.1. The van der Waals surface area contributed by atoms with Crippen LogP contribution in [0.15, 0.2) is 42.5 Å². The minimum atomic E-state index is -0.139. The third kappa shape index (κ3) is 7.57. The molecule has 5 heteroatoms. The van der Waals surface area contributed by atoms with Crippen LogP contribution < -0.4 is 16.1 Å². The number of fused-ring (bicyclic) bond motifs is 1. The van der Waals surface area contributed by atoms with Gasteiger partial charge in [-0.05, 0) is 29.2 Å². The second-order valence-electron chi connectivity index (χ2n) is 6.85. The van der Waals surface area contributed by atoms with E-state index in [2.05, 4.69) is 54.2 Å². The van der Waals surface area contributed by atoms with E-state index < -0.39 is 0 Å². The average Bonchev–Trinajstić information content (AvgIpc) is 2.70. The van der Waals surface area contributed by atoms with E-state index in [1.54, 1.807) is 0 Å². The van der Waals surface area contributed by atoms with Crippen LogP contribution in [0.3, 0.4) is 0 Å². The highest BCUT2D eigenvalue weighted by atomic mass is 16.6. The first-order valence-corrected chi connectivity index (χ1v) is 10.1. The summed E-state index contributed by atoms with van der Waals surface area (Å²) in [5, 5.41) is 8.42. The van der Waals surface area contributed by atoms with Crippen molar-refractivity contribution in [1.29, 1.82) is 0 Å². The number of rotatable bonds is 12. The summed E-state index contributed by atoms with van der Waals surface area (Å²) >= 11 is 0. The Morgan fingerprint density at radius 2 is 1.81 bits per heavy atom. The first-order valence-electron chi connectivity index (χ1n) is 10.1. The Bertz CT molecular complexity index is 685. The number of hydroxylamine groups is 1. The van der Waals surface area contributed by atoms with Gasteiger partial charge in [0.25, 0.3) is 0 Å². The predicted molar refractivity (Wildman–Crippen MR) is 111 cm³/mol. The molecule has 0 heterocycles. The fourth-order valence-electron chi connectivity index (χ4n) is 2.98. The summed E-state index contributed by atoms with van der Waals surface area (Å²) in [6.07, 6.45) is 5.25. The van der Waals surface area contributed by atoms with Crippen molar-refractivity contribution in [2.24, 2.45) is 0 Å². The van der Waals surface area contributed by atoms with Gasteiger partial charge in [-0.2, -0.15) is 0 Å². The van der Waals surface area contributed by atoms with Crippen LogP contribution in [-0.2, 0) is 11.4 Å². The molecule has 1 atom stereocenters. The van der Waals surface area contributed by atoms with Gasteiger partial charge in [0, 0.05) is 19.1 Å². The Hall–Kier alpha value is -2.11. The molecule has 0 aliphatic heterocycles. The van der Waals surface area contributed by atoms with Crippen LogP contribution in [0.2, 0.25) is 0 Å². The molecular formula is C22H33N3O2. The molecule has 0 spiro atoms. The topological polar surface area (TPSA) is 62.4 Å². The lowest BCUT2D eigenvalue weighted by atomic mass is 10.0. The number of hydrogen-bond acceptors (Lipinski definition) is 3. The fourth-order valence-corrected chi connectivity index (χ4v) is 2.98. The van der Waals surface area contributed by atoms with Crippen LogP contribution in [0.5, 0.6) is 0 Å². The second kappa shape index (κ2) is 12.3. The average molecular weight is 372 g/mol. The SMILES string of the molecule is CCCCONC[C@@H](CCCC)NC(=O)NCc1cccc2ccccc12. The summed E-state index contributed by atoms with van der Waals surface area (Å²) < 4.78 is 0. The summed E-state index contributed by atoms with van der Waals surface area (Å²) in [5.74, 6) is 0. The van der Waals surface area contributed by atoms with Crippen molar-refractivity contribution in [3.63, 3.8) is 0 Å².